The number of esters is 1. The Morgan fingerprint density at radius 1 is 1.39 bits per heavy atom. The second kappa shape index (κ2) is 8.70. The minimum Gasteiger partial charge on any atom is -0.468 e. The molecule has 23 heavy (non-hydrogen) atoms. The molecule has 1 aromatic carbocycles. The van der Waals surface area contributed by atoms with Crippen molar-refractivity contribution in [2.45, 2.75) is 11.8 Å². The SMILES string of the molecule is COC(=O)[C@H]1CN(C(=O)CN(C)Cc2ccc(Br)cc2)CCS1. The lowest BCUT2D eigenvalue weighted by Crippen LogP contribution is -2.47. The molecule has 0 bridgehead atoms. The summed E-state index contributed by atoms with van der Waals surface area (Å²) in [6.07, 6.45) is 0. The van der Waals surface area contributed by atoms with Gasteiger partial charge in [0.2, 0.25) is 5.91 Å². The van der Waals surface area contributed by atoms with E-state index in [9.17, 15) is 9.59 Å². The number of hydrogen-bond acceptors (Lipinski definition) is 5. The van der Waals surface area contributed by atoms with Gasteiger partial charge in [0.25, 0.3) is 0 Å². The van der Waals surface area contributed by atoms with Crippen LogP contribution in [0.25, 0.3) is 0 Å². The second-order valence-corrected chi connectivity index (χ2v) is 7.75. The maximum absolute atomic E-state index is 12.4. The molecule has 2 rings (SSSR count). The number of carbonyl (C=O) groups is 2. The first-order valence-electron chi connectivity index (χ1n) is 7.40. The van der Waals surface area contributed by atoms with Crippen LogP contribution in [0.3, 0.4) is 0 Å². The van der Waals surface area contributed by atoms with Crippen LogP contribution in [-0.4, -0.2) is 66.5 Å². The fraction of sp³-hybridized carbons (Fsp3) is 0.500. The number of benzene rings is 1. The third kappa shape index (κ3) is 5.51. The van der Waals surface area contributed by atoms with Gasteiger partial charge in [0.05, 0.1) is 13.7 Å². The quantitative estimate of drug-likeness (QED) is 0.707. The maximum atomic E-state index is 12.4. The molecule has 7 heteroatoms. The van der Waals surface area contributed by atoms with Crippen molar-refractivity contribution >= 4 is 39.6 Å². The van der Waals surface area contributed by atoms with Gasteiger partial charge in [-0.05, 0) is 24.7 Å². The zero-order valence-electron chi connectivity index (χ0n) is 13.3. The number of rotatable bonds is 5. The van der Waals surface area contributed by atoms with Gasteiger partial charge in [-0.2, -0.15) is 0 Å². The topological polar surface area (TPSA) is 49.9 Å². The van der Waals surface area contributed by atoms with Gasteiger partial charge in [0, 0.05) is 29.9 Å². The fourth-order valence-corrected chi connectivity index (χ4v) is 3.83. The highest BCUT2D eigenvalue weighted by Gasteiger charge is 2.29. The Hall–Kier alpha value is -1.05. The van der Waals surface area contributed by atoms with Gasteiger partial charge in [0.15, 0.2) is 0 Å². The van der Waals surface area contributed by atoms with Crippen LogP contribution >= 0.6 is 27.7 Å². The summed E-state index contributed by atoms with van der Waals surface area (Å²) in [6, 6.07) is 8.06. The molecule has 1 amide bonds. The third-order valence-corrected chi connectivity index (χ3v) is 5.34. The predicted octanol–water partition coefficient (Wildman–Crippen LogP) is 2.00. The van der Waals surface area contributed by atoms with E-state index in [-0.39, 0.29) is 17.1 Å². The van der Waals surface area contributed by atoms with Crippen molar-refractivity contribution in [1.82, 2.24) is 9.80 Å². The van der Waals surface area contributed by atoms with Gasteiger partial charge in [-0.3, -0.25) is 14.5 Å². The number of likely N-dealkylation sites (N-methyl/N-ethyl adjacent to an activating group) is 1. The first-order valence-corrected chi connectivity index (χ1v) is 9.24. The molecule has 0 aromatic heterocycles. The van der Waals surface area contributed by atoms with Gasteiger partial charge in [-0.15, -0.1) is 11.8 Å². The Morgan fingerprint density at radius 3 is 2.74 bits per heavy atom. The number of ether oxygens (including phenoxy) is 1. The van der Waals surface area contributed by atoms with Crippen molar-refractivity contribution in [2.24, 2.45) is 0 Å². The number of nitrogens with zero attached hydrogens (tertiary/aromatic N) is 2. The molecule has 126 valence electrons. The van der Waals surface area contributed by atoms with Gasteiger partial charge in [-0.1, -0.05) is 28.1 Å². The summed E-state index contributed by atoms with van der Waals surface area (Å²) in [5.74, 6) is 0.566. The number of methoxy groups -OCH3 is 1. The molecule has 1 aliphatic heterocycles. The molecule has 1 atom stereocenters. The van der Waals surface area contributed by atoms with Crippen molar-refractivity contribution in [3.63, 3.8) is 0 Å². The summed E-state index contributed by atoms with van der Waals surface area (Å²) < 4.78 is 5.82. The van der Waals surface area contributed by atoms with E-state index in [4.69, 9.17) is 4.74 Å². The summed E-state index contributed by atoms with van der Waals surface area (Å²) in [5, 5.41) is -0.269. The van der Waals surface area contributed by atoms with Crippen molar-refractivity contribution in [1.29, 1.82) is 0 Å². The molecule has 1 aliphatic rings. The van der Waals surface area contributed by atoms with E-state index in [0.717, 1.165) is 15.8 Å². The third-order valence-electron chi connectivity index (χ3n) is 3.65. The van der Waals surface area contributed by atoms with Gasteiger partial charge in [0.1, 0.15) is 5.25 Å². The highest BCUT2D eigenvalue weighted by Crippen LogP contribution is 2.20. The molecular weight excluding hydrogens is 380 g/mol. The molecule has 1 heterocycles. The van der Waals surface area contributed by atoms with Gasteiger partial charge in [-0.25, -0.2) is 0 Å². The zero-order valence-corrected chi connectivity index (χ0v) is 15.7. The smallest absolute Gasteiger partial charge is 0.320 e. The standard InChI is InChI=1S/C16H21BrN2O3S/c1-18(9-12-3-5-13(17)6-4-12)11-15(20)19-7-8-23-14(10-19)16(21)22-2/h3-6,14H,7-11H2,1-2H3/t14-/m1/s1. The predicted molar refractivity (Wildman–Crippen MR) is 95.3 cm³/mol. The molecule has 0 spiro atoms. The van der Waals surface area contributed by atoms with E-state index in [2.05, 4.69) is 15.9 Å². The highest BCUT2D eigenvalue weighted by atomic mass is 79.9. The van der Waals surface area contributed by atoms with Crippen molar-refractivity contribution in [2.75, 3.05) is 39.5 Å². The lowest BCUT2D eigenvalue weighted by Gasteiger charge is -2.32. The summed E-state index contributed by atoms with van der Waals surface area (Å²) in [7, 11) is 3.31. The van der Waals surface area contributed by atoms with Crippen LogP contribution in [0, 0.1) is 0 Å². The Labute approximate surface area is 149 Å². The van der Waals surface area contributed by atoms with E-state index in [0.29, 0.717) is 26.2 Å². The Morgan fingerprint density at radius 2 is 2.09 bits per heavy atom. The summed E-state index contributed by atoms with van der Waals surface area (Å²) >= 11 is 4.97. The van der Waals surface area contributed by atoms with E-state index in [1.807, 2.05) is 36.2 Å². The Balaban J connectivity index is 1.85. The van der Waals surface area contributed by atoms with E-state index in [1.54, 1.807) is 16.7 Å². The molecule has 1 aromatic rings. The summed E-state index contributed by atoms with van der Waals surface area (Å²) in [5.41, 5.74) is 1.16. The summed E-state index contributed by atoms with van der Waals surface area (Å²) in [6.45, 7) is 2.17. The molecule has 5 nitrogen and oxygen atoms in total. The normalized spacial score (nSPS) is 18.1. The van der Waals surface area contributed by atoms with Crippen molar-refractivity contribution in [3.8, 4) is 0 Å². The van der Waals surface area contributed by atoms with Gasteiger partial charge >= 0.3 is 5.97 Å². The minimum atomic E-state index is -0.269. The van der Waals surface area contributed by atoms with Crippen LogP contribution in [0.1, 0.15) is 5.56 Å². The van der Waals surface area contributed by atoms with Crippen molar-refractivity contribution in [3.05, 3.63) is 34.3 Å². The van der Waals surface area contributed by atoms with E-state index in [1.165, 1.54) is 7.11 Å². The first kappa shape index (κ1) is 18.3. The molecule has 0 radical (unpaired) electrons. The van der Waals surface area contributed by atoms with Crippen LogP contribution in [-0.2, 0) is 20.9 Å². The molecular formula is C16H21BrN2O3S. The van der Waals surface area contributed by atoms with Crippen LogP contribution in [0.5, 0.6) is 0 Å². The molecule has 0 saturated carbocycles. The average molecular weight is 401 g/mol. The second-order valence-electron chi connectivity index (χ2n) is 5.52. The molecule has 0 aliphatic carbocycles. The molecule has 1 saturated heterocycles. The molecule has 1 fully saturated rings. The van der Waals surface area contributed by atoms with E-state index < -0.39 is 0 Å². The number of halogens is 1. The van der Waals surface area contributed by atoms with Crippen LogP contribution in [0.4, 0.5) is 0 Å². The monoisotopic (exact) mass is 400 g/mol. The van der Waals surface area contributed by atoms with Gasteiger partial charge < -0.3 is 9.64 Å². The first-order chi connectivity index (χ1) is 11.0. The van der Waals surface area contributed by atoms with Crippen LogP contribution in [0.2, 0.25) is 0 Å². The minimum absolute atomic E-state index is 0.0545. The van der Waals surface area contributed by atoms with Crippen molar-refractivity contribution < 1.29 is 14.3 Å². The Bertz CT molecular complexity index is 553. The number of thioether (sulfide) groups is 1. The Kier molecular flexibility index (Phi) is 6.92. The average Bonchev–Trinajstić information content (AvgIpc) is 2.56. The lowest BCUT2D eigenvalue weighted by atomic mass is 10.2. The molecule has 0 N–H and O–H groups in total. The number of amides is 1. The number of hydrogen-bond donors (Lipinski definition) is 0. The van der Waals surface area contributed by atoms with Crippen LogP contribution in [0.15, 0.2) is 28.7 Å². The maximum Gasteiger partial charge on any atom is 0.320 e. The highest BCUT2D eigenvalue weighted by molar-refractivity contribution is 9.10. The zero-order chi connectivity index (χ0) is 16.8. The van der Waals surface area contributed by atoms with Crippen LogP contribution < -0.4 is 0 Å². The summed E-state index contributed by atoms with van der Waals surface area (Å²) in [4.78, 5) is 27.8. The fourth-order valence-electron chi connectivity index (χ4n) is 2.44. The largest absolute Gasteiger partial charge is 0.468 e. The lowest BCUT2D eigenvalue weighted by molar-refractivity contribution is -0.141. The van der Waals surface area contributed by atoms with E-state index >= 15 is 0 Å². The molecule has 0 unspecified atom stereocenters. The number of carbonyl (C=O) groups excluding carboxylic acids is 2.